The summed E-state index contributed by atoms with van der Waals surface area (Å²) in [6.45, 7) is 2.70. The maximum Gasteiger partial charge on any atom is 0.133 e. The summed E-state index contributed by atoms with van der Waals surface area (Å²) in [5.74, 6) is 1.09. The lowest BCUT2D eigenvalue weighted by atomic mass is 10.1. The lowest BCUT2D eigenvalue weighted by molar-refractivity contribution is 0.631. The van der Waals surface area contributed by atoms with Gasteiger partial charge in [0.25, 0.3) is 0 Å². The third-order valence-electron chi connectivity index (χ3n) is 2.64. The number of hydrogen-bond donors (Lipinski definition) is 1. The van der Waals surface area contributed by atoms with E-state index in [0.717, 1.165) is 26.6 Å². The molecule has 90 valence electrons. The average Bonchev–Trinajstić information content (AvgIpc) is 2.78. The number of halogens is 1. The van der Waals surface area contributed by atoms with Crippen LogP contribution in [0.25, 0.3) is 10.6 Å². The van der Waals surface area contributed by atoms with Gasteiger partial charge < -0.3 is 5.73 Å². The largest absolute Gasteiger partial charge is 0.330 e. The topological polar surface area (TPSA) is 51.8 Å². The van der Waals surface area contributed by atoms with E-state index in [1.807, 2.05) is 18.3 Å². The maximum atomic E-state index is 5.72. The van der Waals surface area contributed by atoms with Gasteiger partial charge in [-0.1, -0.05) is 6.92 Å². The van der Waals surface area contributed by atoms with Gasteiger partial charge in [0.1, 0.15) is 5.82 Å². The van der Waals surface area contributed by atoms with E-state index >= 15 is 0 Å². The van der Waals surface area contributed by atoms with E-state index in [1.165, 1.54) is 0 Å². The summed E-state index contributed by atoms with van der Waals surface area (Å²) >= 11 is 5.13. The summed E-state index contributed by atoms with van der Waals surface area (Å²) in [6, 6.07) is 6.03. The molecule has 0 saturated carbocycles. The molecule has 0 saturated heterocycles. The molecule has 1 atom stereocenters. The Morgan fingerprint density at radius 1 is 1.41 bits per heavy atom. The van der Waals surface area contributed by atoms with Crippen LogP contribution >= 0.6 is 27.3 Å². The van der Waals surface area contributed by atoms with Crippen molar-refractivity contribution in [3.05, 3.63) is 34.0 Å². The highest BCUT2D eigenvalue weighted by molar-refractivity contribution is 9.11. The van der Waals surface area contributed by atoms with E-state index in [9.17, 15) is 0 Å². The minimum absolute atomic E-state index is 0.248. The van der Waals surface area contributed by atoms with Gasteiger partial charge in [-0.2, -0.15) is 0 Å². The van der Waals surface area contributed by atoms with E-state index in [1.54, 1.807) is 11.3 Å². The fourth-order valence-corrected chi connectivity index (χ4v) is 2.97. The Morgan fingerprint density at radius 3 is 2.82 bits per heavy atom. The summed E-state index contributed by atoms with van der Waals surface area (Å²) in [5.41, 5.74) is 6.69. The molecular formula is C12H14BrN3S. The monoisotopic (exact) mass is 311 g/mol. The first-order chi connectivity index (χ1) is 8.24. The molecule has 1 unspecified atom stereocenters. The molecule has 0 radical (unpaired) electrons. The van der Waals surface area contributed by atoms with Gasteiger partial charge in [-0.3, -0.25) is 0 Å². The minimum atomic E-state index is 0.248. The number of nitrogens with zero attached hydrogens (tertiary/aromatic N) is 2. The summed E-state index contributed by atoms with van der Waals surface area (Å²) in [6.07, 6.45) is 2.78. The van der Waals surface area contributed by atoms with Crippen LogP contribution in [0.15, 0.2) is 28.2 Å². The highest BCUT2D eigenvalue weighted by Gasteiger charge is 2.12. The van der Waals surface area contributed by atoms with Crippen LogP contribution in [0.1, 0.15) is 25.1 Å². The Labute approximate surface area is 113 Å². The van der Waals surface area contributed by atoms with Crippen LogP contribution in [-0.4, -0.2) is 16.5 Å². The normalized spacial score (nSPS) is 12.6. The quantitative estimate of drug-likeness (QED) is 0.941. The Hall–Kier alpha value is -0.780. The van der Waals surface area contributed by atoms with Crippen LogP contribution in [0, 0.1) is 0 Å². The van der Waals surface area contributed by atoms with Crippen molar-refractivity contribution in [1.29, 1.82) is 0 Å². The molecular weight excluding hydrogens is 298 g/mol. The third kappa shape index (κ3) is 2.91. The fraction of sp³-hybridized carbons (Fsp3) is 0.333. The van der Waals surface area contributed by atoms with Crippen LogP contribution in [0.5, 0.6) is 0 Å². The SMILES string of the molecule is CCC(CN)c1nccc(-c2ccc(Br)s2)n1. The van der Waals surface area contributed by atoms with Crippen molar-refractivity contribution in [2.24, 2.45) is 5.73 Å². The lowest BCUT2D eigenvalue weighted by Gasteiger charge is -2.10. The van der Waals surface area contributed by atoms with Crippen molar-refractivity contribution < 1.29 is 0 Å². The van der Waals surface area contributed by atoms with Crippen molar-refractivity contribution >= 4 is 27.3 Å². The Bertz CT molecular complexity index is 494. The van der Waals surface area contributed by atoms with Gasteiger partial charge in [0.05, 0.1) is 14.4 Å². The van der Waals surface area contributed by atoms with Gasteiger partial charge in [0.15, 0.2) is 0 Å². The van der Waals surface area contributed by atoms with Gasteiger partial charge >= 0.3 is 0 Å². The van der Waals surface area contributed by atoms with Gasteiger partial charge in [0, 0.05) is 18.7 Å². The second kappa shape index (κ2) is 5.71. The number of aromatic nitrogens is 2. The predicted octanol–water partition coefficient (Wildman–Crippen LogP) is 3.42. The summed E-state index contributed by atoms with van der Waals surface area (Å²) in [5, 5.41) is 0. The van der Waals surface area contributed by atoms with Crippen LogP contribution < -0.4 is 5.73 Å². The average molecular weight is 312 g/mol. The van der Waals surface area contributed by atoms with Crippen LogP contribution in [0.3, 0.4) is 0 Å². The van der Waals surface area contributed by atoms with Gasteiger partial charge in [-0.25, -0.2) is 9.97 Å². The summed E-state index contributed by atoms with van der Waals surface area (Å²) < 4.78 is 1.11. The standard InChI is InChI=1S/C12H14BrN3S/c1-2-8(7-14)12-15-6-5-9(16-12)10-3-4-11(13)17-10/h3-6,8H,2,7,14H2,1H3. The fourth-order valence-electron chi connectivity index (χ4n) is 1.61. The van der Waals surface area contributed by atoms with Crippen LogP contribution in [0.4, 0.5) is 0 Å². The van der Waals surface area contributed by atoms with E-state index in [2.05, 4.69) is 38.9 Å². The smallest absolute Gasteiger partial charge is 0.133 e. The first-order valence-corrected chi connectivity index (χ1v) is 7.14. The summed E-state index contributed by atoms with van der Waals surface area (Å²) in [7, 11) is 0. The van der Waals surface area contributed by atoms with Crippen LogP contribution in [0.2, 0.25) is 0 Å². The Kier molecular flexibility index (Phi) is 4.25. The Morgan fingerprint density at radius 2 is 2.24 bits per heavy atom. The number of rotatable bonds is 4. The molecule has 0 bridgehead atoms. The second-order valence-corrected chi connectivity index (χ2v) is 6.21. The van der Waals surface area contributed by atoms with Crippen molar-refractivity contribution in [2.75, 3.05) is 6.54 Å². The molecule has 2 heterocycles. The predicted molar refractivity (Wildman–Crippen MR) is 75.1 cm³/mol. The highest BCUT2D eigenvalue weighted by atomic mass is 79.9. The van der Waals surface area contributed by atoms with Gasteiger partial charge in [0.2, 0.25) is 0 Å². The molecule has 0 amide bonds. The van der Waals surface area contributed by atoms with E-state index in [0.29, 0.717) is 6.54 Å². The summed E-state index contributed by atoms with van der Waals surface area (Å²) in [4.78, 5) is 10.1. The zero-order chi connectivity index (χ0) is 12.3. The Balaban J connectivity index is 2.34. The zero-order valence-electron chi connectivity index (χ0n) is 9.56. The van der Waals surface area contributed by atoms with Crippen molar-refractivity contribution in [3.63, 3.8) is 0 Å². The molecule has 0 aliphatic heterocycles. The van der Waals surface area contributed by atoms with E-state index in [-0.39, 0.29) is 5.92 Å². The molecule has 2 N–H and O–H groups in total. The molecule has 5 heteroatoms. The number of nitrogens with two attached hydrogens (primary N) is 1. The van der Waals surface area contributed by atoms with E-state index in [4.69, 9.17) is 5.73 Å². The molecule has 3 nitrogen and oxygen atoms in total. The molecule has 17 heavy (non-hydrogen) atoms. The zero-order valence-corrected chi connectivity index (χ0v) is 12.0. The molecule has 2 aromatic rings. The first kappa shape index (κ1) is 12.7. The molecule has 2 aromatic heterocycles. The minimum Gasteiger partial charge on any atom is -0.330 e. The highest BCUT2D eigenvalue weighted by Crippen LogP contribution is 2.30. The van der Waals surface area contributed by atoms with Gasteiger partial charge in [-0.15, -0.1) is 11.3 Å². The van der Waals surface area contributed by atoms with Crippen molar-refractivity contribution in [3.8, 4) is 10.6 Å². The lowest BCUT2D eigenvalue weighted by Crippen LogP contribution is -2.14. The molecule has 0 aliphatic carbocycles. The molecule has 0 spiro atoms. The van der Waals surface area contributed by atoms with E-state index < -0.39 is 0 Å². The molecule has 0 fully saturated rings. The van der Waals surface area contributed by atoms with Crippen LogP contribution in [-0.2, 0) is 0 Å². The number of hydrogen-bond acceptors (Lipinski definition) is 4. The first-order valence-electron chi connectivity index (χ1n) is 5.53. The second-order valence-electron chi connectivity index (χ2n) is 3.74. The molecule has 0 aliphatic rings. The number of thiophene rings is 1. The molecule has 0 aromatic carbocycles. The van der Waals surface area contributed by atoms with Crippen molar-refractivity contribution in [2.45, 2.75) is 19.3 Å². The third-order valence-corrected chi connectivity index (χ3v) is 4.29. The van der Waals surface area contributed by atoms with Gasteiger partial charge in [-0.05, 0) is 40.5 Å². The molecule has 2 rings (SSSR count). The van der Waals surface area contributed by atoms with Crippen molar-refractivity contribution in [1.82, 2.24) is 9.97 Å². The maximum absolute atomic E-state index is 5.72.